The zero-order valence-electron chi connectivity index (χ0n) is 11.6. The number of nitrogen functional groups attached to an aromatic ring is 1. The van der Waals surface area contributed by atoms with Gasteiger partial charge in [-0.3, -0.25) is 0 Å². The zero-order chi connectivity index (χ0) is 15.6. The van der Waals surface area contributed by atoms with Gasteiger partial charge in [0.15, 0.2) is 0 Å². The number of benzene rings is 2. The van der Waals surface area contributed by atoms with Crippen LogP contribution in [-0.4, -0.2) is 7.11 Å². The fraction of sp³-hybridized carbons (Fsp3) is 0.200. The molecule has 2 rings (SSSR count). The minimum absolute atomic E-state index is 0.386. The Labute approximate surface area is 120 Å². The molecular weight excluding hydrogens is 281 g/mol. The molecule has 0 amide bonds. The van der Waals surface area contributed by atoms with Gasteiger partial charge in [0.1, 0.15) is 5.75 Å². The number of alkyl halides is 3. The smallest absolute Gasteiger partial charge is 0.416 e. The quantitative estimate of drug-likeness (QED) is 0.828. The molecule has 2 aromatic carbocycles. The van der Waals surface area contributed by atoms with Gasteiger partial charge in [-0.1, -0.05) is 6.07 Å². The summed E-state index contributed by atoms with van der Waals surface area (Å²) in [5.41, 5.74) is 7.16. The van der Waals surface area contributed by atoms with Crippen molar-refractivity contribution in [3.8, 4) is 5.75 Å². The van der Waals surface area contributed by atoms with E-state index in [0.29, 0.717) is 28.4 Å². The van der Waals surface area contributed by atoms with Crippen LogP contribution in [-0.2, 0) is 6.18 Å². The molecule has 6 heteroatoms. The van der Waals surface area contributed by atoms with Gasteiger partial charge in [0, 0.05) is 17.4 Å². The average Bonchev–Trinajstić information content (AvgIpc) is 2.42. The van der Waals surface area contributed by atoms with E-state index in [4.69, 9.17) is 10.5 Å². The van der Waals surface area contributed by atoms with Gasteiger partial charge in [0.05, 0.1) is 18.4 Å². The van der Waals surface area contributed by atoms with Crippen LogP contribution >= 0.6 is 0 Å². The molecule has 112 valence electrons. The Morgan fingerprint density at radius 1 is 1.10 bits per heavy atom. The van der Waals surface area contributed by atoms with Gasteiger partial charge in [0.25, 0.3) is 0 Å². The highest BCUT2D eigenvalue weighted by Crippen LogP contribution is 2.34. The number of aryl methyl sites for hydroxylation is 1. The molecule has 0 aliphatic heterocycles. The van der Waals surface area contributed by atoms with E-state index in [1.165, 1.54) is 13.2 Å². The topological polar surface area (TPSA) is 47.3 Å². The Balaban J connectivity index is 2.35. The lowest BCUT2D eigenvalue weighted by atomic mass is 10.1. The summed E-state index contributed by atoms with van der Waals surface area (Å²) in [4.78, 5) is 0. The molecule has 0 saturated heterocycles. The van der Waals surface area contributed by atoms with Gasteiger partial charge < -0.3 is 15.8 Å². The predicted molar refractivity (Wildman–Crippen MR) is 76.9 cm³/mol. The van der Waals surface area contributed by atoms with Gasteiger partial charge in [0.2, 0.25) is 0 Å². The molecule has 0 unspecified atom stereocenters. The second kappa shape index (κ2) is 5.55. The van der Waals surface area contributed by atoms with E-state index in [1.54, 1.807) is 25.1 Å². The monoisotopic (exact) mass is 296 g/mol. The number of hydrogen-bond acceptors (Lipinski definition) is 3. The average molecular weight is 296 g/mol. The summed E-state index contributed by atoms with van der Waals surface area (Å²) in [5.74, 6) is 0.463. The third-order valence-corrected chi connectivity index (χ3v) is 3.08. The summed E-state index contributed by atoms with van der Waals surface area (Å²) in [6, 6.07) is 8.51. The van der Waals surface area contributed by atoms with Crippen molar-refractivity contribution in [1.29, 1.82) is 0 Å². The second-order valence-electron chi connectivity index (χ2n) is 4.61. The van der Waals surface area contributed by atoms with Crippen molar-refractivity contribution in [2.45, 2.75) is 13.1 Å². The van der Waals surface area contributed by atoms with Gasteiger partial charge in [-0.15, -0.1) is 0 Å². The molecule has 0 bridgehead atoms. The van der Waals surface area contributed by atoms with E-state index in [1.807, 2.05) is 0 Å². The molecule has 3 nitrogen and oxygen atoms in total. The fourth-order valence-corrected chi connectivity index (χ4v) is 1.88. The Kier molecular flexibility index (Phi) is 3.97. The minimum atomic E-state index is -4.37. The van der Waals surface area contributed by atoms with Crippen molar-refractivity contribution >= 4 is 17.1 Å². The number of anilines is 3. The molecule has 2 aromatic rings. The Morgan fingerprint density at radius 3 is 2.43 bits per heavy atom. The molecule has 0 fully saturated rings. The van der Waals surface area contributed by atoms with Crippen LogP contribution in [0.25, 0.3) is 0 Å². The van der Waals surface area contributed by atoms with E-state index >= 15 is 0 Å². The van der Waals surface area contributed by atoms with Gasteiger partial charge >= 0.3 is 6.18 Å². The first-order valence-corrected chi connectivity index (χ1v) is 6.19. The standard InChI is InChI=1S/C15H15F3N2O/c1-9-3-4-10(15(16,17)18)7-13(9)20-11-5-6-12(19)14(8-11)21-2/h3-8,20H,19H2,1-2H3. The van der Waals surface area contributed by atoms with Crippen LogP contribution in [0.1, 0.15) is 11.1 Å². The van der Waals surface area contributed by atoms with Crippen molar-refractivity contribution in [1.82, 2.24) is 0 Å². The molecular formula is C15H15F3N2O. The lowest BCUT2D eigenvalue weighted by Crippen LogP contribution is -2.06. The molecule has 0 spiro atoms. The predicted octanol–water partition coefficient (Wildman–Crippen LogP) is 4.35. The van der Waals surface area contributed by atoms with Gasteiger partial charge in [-0.2, -0.15) is 13.2 Å². The lowest BCUT2D eigenvalue weighted by Gasteiger charge is -2.14. The van der Waals surface area contributed by atoms with E-state index in [-0.39, 0.29) is 0 Å². The fourth-order valence-electron chi connectivity index (χ4n) is 1.88. The van der Waals surface area contributed by atoms with E-state index in [2.05, 4.69) is 5.32 Å². The van der Waals surface area contributed by atoms with Crippen molar-refractivity contribution in [3.63, 3.8) is 0 Å². The van der Waals surface area contributed by atoms with Crippen LogP contribution in [0.3, 0.4) is 0 Å². The highest BCUT2D eigenvalue weighted by atomic mass is 19.4. The molecule has 0 aliphatic carbocycles. The van der Waals surface area contributed by atoms with Crippen molar-refractivity contribution in [2.24, 2.45) is 0 Å². The van der Waals surface area contributed by atoms with Crippen LogP contribution in [0.5, 0.6) is 5.75 Å². The number of methoxy groups -OCH3 is 1. The summed E-state index contributed by atoms with van der Waals surface area (Å²) >= 11 is 0. The summed E-state index contributed by atoms with van der Waals surface area (Å²) in [6.45, 7) is 1.73. The first-order valence-electron chi connectivity index (χ1n) is 6.19. The summed E-state index contributed by atoms with van der Waals surface area (Å²) in [7, 11) is 1.48. The van der Waals surface area contributed by atoms with Gasteiger partial charge in [-0.25, -0.2) is 0 Å². The molecule has 0 saturated carbocycles. The first kappa shape index (κ1) is 15.0. The Morgan fingerprint density at radius 2 is 1.81 bits per heavy atom. The number of rotatable bonds is 3. The van der Waals surface area contributed by atoms with Gasteiger partial charge in [-0.05, 0) is 36.8 Å². The van der Waals surface area contributed by atoms with Crippen LogP contribution < -0.4 is 15.8 Å². The van der Waals surface area contributed by atoms with Crippen molar-refractivity contribution in [2.75, 3.05) is 18.2 Å². The molecule has 0 atom stereocenters. The van der Waals surface area contributed by atoms with E-state index < -0.39 is 11.7 Å². The summed E-state index contributed by atoms with van der Waals surface area (Å²) in [6.07, 6.45) is -4.37. The number of nitrogens with two attached hydrogens (primary N) is 1. The van der Waals surface area contributed by atoms with Crippen LogP contribution in [0.4, 0.5) is 30.2 Å². The zero-order valence-corrected chi connectivity index (χ0v) is 11.6. The van der Waals surface area contributed by atoms with Crippen LogP contribution in [0, 0.1) is 6.92 Å². The highest BCUT2D eigenvalue weighted by molar-refractivity contribution is 5.69. The molecule has 21 heavy (non-hydrogen) atoms. The first-order chi connectivity index (χ1) is 9.81. The molecule has 0 aromatic heterocycles. The molecule has 0 radical (unpaired) electrons. The van der Waals surface area contributed by atoms with E-state index in [0.717, 1.165) is 12.1 Å². The third-order valence-electron chi connectivity index (χ3n) is 3.08. The number of nitrogens with one attached hydrogen (secondary N) is 1. The normalized spacial score (nSPS) is 11.3. The maximum atomic E-state index is 12.7. The van der Waals surface area contributed by atoms with E-state index in [9.17, 15) is 13.2 Å². The van der Waals surface area contributed by atoms with Crippen molar-refractivity contribution in [3.05, 3.63) is 47.5 Å². The maximum absolute atomic E-state index is 12.7. The largest absolute Gasteiger partial charge is 0.495 e. The SMILES string of the molecule is COc1cc(Nc2cc(C(F)(F)F)ccc2C)ccc1N. The molecule has 3 N–H and O–H groups in total. The van der Waals surface area contributed by atoms with Crippen LogP contribution in [0.2, 0.25) is 0 Å². The number of hydrogen-bond donors (Lipinski definition) is 2. The molecule has 0 heterocycles. The molecule has 0 aliphatic rings. The summed E-state index contributed by atoms with van der Waals surface area (Å²) < 4.78 is 43.3. The number of ether oxygens (including phenoxy) is 1. The minimum Gasteiger partial charge on any atom is -0.495 e. The third kappa shape index (κ3) is 3.39. The summed E-state index contributed by atoms with van der Waals surface area (Å²) in [5, 5.41) is 2.95. The van der Waals surface area contributed by atoms with Crippen molar-refractivity contribution < 1.29 is 17.9 Å². The Bertz CT molecular complexity index is 654. The highest BCUT2D eigenvalue weighted by Gasteiger charge is 2.30. The number of halogens is 3. The maximum Gasteiger partial charge on any atom is 0.416 e. The second-order valence-corrected chi connectivity index (χ2v) is 4.61. The lowest BCUT2D eigenvalue weighted by molar-refractivity contribution is -0.137. The Hall–Kier alpha value is -2.37. The van der Waals surface area contributed by atoms with Crippen LogP contribution in [0.15, 0.2) is 36.4 Å².